The maximum atomic E-state index is 13.7. The van der Waals surface area contributed by atoms with Crippen LogP contribution in [0.3, 0.4) is 0 Å². The van der Waals surface area contributed by atoms with E-state index in [-0.39, 0.29) is 18.7 Å². The first kappa shape index (κ1) is 16.8. The van der Waals surface area contributed by atoms with Gasteiger partial charge in [0, 0.05) is 18.6 Å². The van der Waals surface area contributed by atoms with Gasteiger partial charge in [0.1, 0.15) is 17.2 Å². The molecule has 1 heterocycles. The van der Waals surface area contributed by atoms with Crippen molar-refractivity contribution in [1.29, 1.82) is 0 Å². The van der Waals surface area contributed by atoms with Crippen LogP contribution in [0, 0.1) is 18.6 Å². The topological polar surface area (TPSA) is 100 Å². The third kappa shape index (κ3) is 4.46. The Morgan fingerprint density at radius 2 is 2.13 bits per heavy atom. The van der Waals surface area contributed by atoms with Gasteiger partial charge in [0.05, 0.1) is 13.1 Å². The molecule has 1 aromatic heterocycles. The Kier molecular flexibility index (Phi) is 4.89. The summed E-state index contributed by atoms with van der Waals surface area (Å²) in [5.41, 5.74) is -1.81. The lowest BCUT2D eigenvalue weighted by Crippen LogP contribution is -2.43. The quantitative estimate of drug-likeness (QED) is 0.770. The van der Waals surface area contributed by atoms with Crippen molar-refractivity contribution in [2.45, 2.75) is 26.0 Å². The third-order valence-corrected chi connectivity index (χ3v) is 3.08. The van der Waals surface area contributed by atoms with Gasteiger partial charge in [-0.15, -0.1) is 0 Å². The molecule has 2 rings (SSSR count). The number of benzene rings is 1. The van der Waals surface area contributed by atoms with Crippen molar-refractivity contribution in [3.8, 4) is 0 Å². The summed E-state index contributed by atoms with van der Waals surface area (Å²) in [4.78, 5) is 15.6. The fourth-order valence-corrected chi connectivity index (χ4v) is 1.91. The number of halogens is 2. The molecular formula is C14H16F2N4O3. The van der Waals surface area contributed by atoms with Crippen LogP contribution >= 0.6 is 0 Å². The van der Waals surface area contributed by atoms with Crippen LogP contribution in [-0.4, -0.2) is 27.8 Å². The zero-order valence-electron chi connectivity index (χ0n) is 12.6. The van der Waals surface area contributed by atoms with Crippen molar-refractivity contribution < 1.29 is 23.2 Å². The first-order valence-corrected chi connectivity index (χ1v) is 6.77. The Morgan fingerprint density at radius 3 is 2.74 bits per heavy atom. The molecule has 0 aliphatic carbocycles. The molecule has 124 valence electrons. The van der Waals surface area contributed by atoms with Crippen LogP contribution in [0.1, 0.15) is 24.2 Å². The molecule has 0 spiro atoms. The fourth-order valence-electron chi connectivity index (χ4n) is 1.91. The van der Waals surface area contributed by atoms with Gasteiger partial charge in [-0.3, -0.25) is 0 Å². The molecule has 2 aromatic rings. The number of amides is 2. The van der Waals surface area contributed by atoms with E-state index in [4.69, 9.17) is 4.52 Å². The number of hydrogen-bond acceptors (Lipinski definition) is 5. The van der Waals surface area contributed by atoms with Gasteiger partial charge < -0.3 is 20.3 Å². The van der Waals surface area contributed by atoms with Crippen LogP contribution in [-0.2, 0) is 12.1 Å². The predicted molar refractivity (Wildman–Crippen MR) is 75.2 cm³/mol. The van der Waals surface area contributed by atoms with E-state index in [0.29, 0.717) is 17.8 Å². The normalized spacial score (nSPS) is 13.4. The molecule has 0 fully saturated rings. The number of nitrogens with zero attached hydrogens (tertiary/aromatic N) is 2. The standard InChI is InChI=1S/C14H16F2N4O3/c1-8-19-12(20-23-8)6-17-13(21)18-7-14(2,22)10-4-3-9(15)5-11(10)16/h3-5,22H,6-7H2,1-2H3,(H2,17,18,21). The SMILES string of the molecule is Cc1nc(CNC(=O)NCC(C)(O)c2ccc(F)cc2F)no1. The van der Waals surface area contributed by atoms with E-state index in [2.05, 4.69) is 20.8 Å². The van der Waals surface area contributed by atoms with E-state index in [1.807, 2.05) is 0 Å². The van der Waals surface area contributed by atoms with E-state index in [1.54, 1.807) is 6.92 Å². The second kappa shape index (κ2) is 6.69. The van der Waals surface area contributed by atoms with Crippen LogP contribution in [0.4, 0.5) is 13.6 Å². The largest absolute Gasteiger partial charge is 0.383 e. The molecular weight excluding hydrogens is 310 g/mol. The molecule has 3 N–H and O–H groups in total. The maximum Gasteiger partial charge on any atom is 0.315 e. The number of rotatable bonds is 5. The summed E-state index contributed by atoms with van der Waals surface area (Å²) in [6, 6.07) is 2.23. The van der Waals surface area contributed by atoms with Gasteiger partial charge in [-0.2, -0.15) is 4.98 Å². The molecule has 0 radical (unpaired) electrons. The number of nitrogens with one attached hydrogen (secondary N) is 2. The van der Waals surface area contributed by atoms with Crippen LogP contribution in [0.15, 0.2) is 22.7 Å². The zero-order valence-corrected chi connectivity index (χ0v) is 12.6. The minimum absolute atomic E-state index is 0.0379. The predicted octanol–water partition coefficient (Wildman–Crippen LogP) is 1.36. The number of aryl methyl sites for hydroxylation is 1. The first-order valence-electron chi connectivity index (χ1n) is 6.77. The van der Waals surface area contributed by atoms with Gasteiger partial charge in [0.2, 0.25) is 5.89 Å². The summed E-state index contributed by atoms with van der Waals surface area (Å²) in [7, 11) is 0. The Morgan fingerprint density at radius 1 is 1.39 bits per heavy atom. The number of hydrogen-bond donors (Lipinski definition) is 3. The van der Waals surface area contributed by atoms with Gasteiger partial charge >= 0.3 is 6.03 Å². The Labute approximate surface area is 130 Å². The number of urea groups is 1. The maximum absolute atomic E-state index is 13.7. The van der Waals surface area contributed by atoms with Crippen molar-refractivity contribution in [2.24, 2.45) is 0 Å². The third-order valence-electron chi connectivity index (χ3n) is 3.08. The van der Waals surface area contributed by atoms with Crippen LogP contribution in [0.5, 0.6) is 0 Å². The second-order valence-electron chi connectivity index (χ2n) is 5.16. The molecule has 1 aromatic carbocycles. The van der Waals surface area contributed by atoms with Gasteiger partial charge in [-0.1, -0.05) is 11.2 Å². The van der Waals surface area contributed by atoms with Crippen molar-refractivity contribution >= 4 is 6.03 Å². The fraction of sp³-hybridized carbons (Fsp3) is 0.357. The lowest BCUT2D eigenvalue weighted by molar-refractivity contribution is 0.0555. The lowest BCUT2D eigenvalue weighted by Gasteiger charge is -2.24. The van der Waals surface area contributed by atoms with Crippen LogP contribution in [0.25, 0.3) is 0 Å². The Hall–Kier alpha value is -2.55. The van der Waals surface area contributed by atoms with Gasteiger partial charge in [0.25, 0.3) is 0 Å². The van der Waals surface area contributed by atoms with Crippen molar-refractivity contribution in [3.63, 3.8) is 0 Å². The molecule has 2 amide bonds. The molecule has 0 saturated carbocycles. The van der Waals surface area contributed by atoms with Crippen molar-refractivity contribution in [1.82, 2.24) is 20.8 Å². The van der Waals surface area contributed by atoms with Gasteiger partial charge in [0.15, 0.2) is 5.82 Å². The molecule has 1 atom stereocenters. The zero-order chi connectivity index (χ0) is 17.0. The second-order valence-corrected chi connectivity index (χ2v) is 5.16. The van der Waals surface area contributed by atoms with Crippen LogP contribution in [0.2, 0.25) is 0 Å². The number of carbonyl (C=O) groups excluding carboxylic acids is 1. The number of carbonyl (C=O) groups is 1. The lowest BCUT2D eigenvalue weighted by atomic mass is 9.95. The average molecular weight is 326 g/mol. The molecule has 0 aliphatic rings. The first-order chi connectivity index (χ1) is 10.8. The average Bonchev–Trinajstić information content (AvgIpc) is 2.88. The molecule has 0 bridgehead atoms. The number of aliphatic hydroxyl groups is 1. The Balaban J connectivity index is 1.89. The van der Waals surface area contributed by atoms with Gasteiger partial charge in [-0.25, -0.2) is 13.6 Å². The van der Waals surface area contributed by atoms with Crippen LogP contribution < -0.4 is 10.6 Å². The monoisotopic (exact) mass is 326 g/mol. The van der Waals surface area contributed by atoms with Crippen molar-refractivity contribution in [2.75, 3.05) is 6.54 Å². The highest BCUT2D eigenvalue weighted by atomic mass is 19.1. The summed E-state index contributed by atoms with van der Waals surface area (Å²) >= 11 is 0. The number of aromatic nitrogens is 2. The van der Waals surface area contributed by atoms with Gasteiger partial charge in [-0.05, 0) is 13.0 Å². The van der Waals surface area contributed by atoms with E-state index in [0.717, 1.165) is 12.1 Å². The minimum atomic E-state index is -1.70. The summed E-state index contributed by atoms with van der Waals surface area (Å²) < 4.78 is 31.3. The van der Waals surface area contributed by atoms with E-state index >= 15 is 0 Å². The highest BCUT2D eigenvalue weighted by molar-refractivity contribution is 5.73. The highest BCUT2D eigenvalue weighted by Crippen LogP contribution is 2.23. The molecule has 0 aliphatic heterocycles. The summed E-state index contributed by atoms with van der Waals surface area (Å²) in [6.07, 6.45) is 0. The summed E-state index contributed by atoms with van der Waals surface area (Å²) in [6.45, 7) is 2.69. The molecule has 0 saturated heterocycles. The van der Waals surface area contributed by atoms with E-state index in [1.165, 1.54) is 6.92 Å². The summed E-state index contributed by atoms with van der Waals surface area (Å²) in [5.74, 6) is -0.964. The highest BCUT2D eigenvalue weighted by Gasteiger charge is 2.27. The van der Waals surface area contributed by atoms with E-state index in [9.17, 15) is 18.7 Å². The molecule has 1 unspecified atom stereocenters. The Bertz CT molecular complexity index is 703. The molecule has 9 heteroatoms. The minimum Gasteiger partial charge on any atom is -0.383 e. The molecule has 23 heavy (non-hydrogen) atoms. The summed E-state index contributed by atoms with van der Waals surface area (Å²) in [5, 5.41) is 18.7. The van der Waals surface area contributed by atoms with E-state index < -0.39 is 23.3 Å². The van der Waals surface area contributed by atoms with Crippen molar-refractivity contribution in [3.05, 3.63) is 47.1 Å². The smallest absolute Gasteiger partial charge is 0.315 e. The molecule has 7 nitrogen and oxygen atoms in total.